The van der Waals surface area contributed by atoms with Gasteiger partial charge >= 0.3 is 0 Å². The van der Waals surface area contributed by atoms with Crippen LogP contribution in [-0.4, -0.2) is 0 Å². The Morgan fingerprint density at radius 1 is 1.36 bits per heavy atom. The van der Waals surface area contributed by atoms with Crippen molar-refractivity contribution >= 4 is 33.2 Å². The van der Waals surface area contributed by atoms with Gasteiger partial charge in [-0.2, -0.15) is 0 Å². The maximum absolute atomic E-state index is 12.6. The predicted octanol–water partition coefficient (Wildman–Crippen LogP) is 2.96. The van der Waals surface area contributed by atoms with E-state index in [1.54, 1.807) is 0 Å². The molecule has 0 spiro atoms. The van der Waals surface area contributed by atoms with Crippen LogP contribution in [0.5, 0.6) is 0 Å². The van der Waals surface area contributed by atoms with Crippen molar-refractivity contribution in [2.45, 2.75) is 0 Å². The van der Waals surface area contributed by atoms with Crippen molar-refractivity contribution in [2.75, 3.05) is 5.73 Å². The van der Waals surface area contributed by atoms with E-state index in [0.717, 1.165) is 0 Å². The first kappa shape index (κ1) is 8.74. The van der Waals surface area contributed by atoms with Crippen LogP contribution in [-0.2, 0) is 0 Å². The third kappa shape index (κ3) is 1.46. The molecule has 1 nitrogen and oxygen atoms in total. The third-order valence-corrected chi connectivity index (χ3v) is 2.04. The van der Waals surface area contributed by atoms with E-state index in [1.807, 2.05) is 0 Å². The summed E-state index contributed by atoms with van der Waals surface area (Å²) in [6.07, 6.45) is 0. The van der Waals surface area contributed by atoms with Crippen LogP contribution < -0.4 is 5.73 Å². The van der Waals surface area contributed by atoms with Gasteiger partial charge in [-0.15, -0.1) is 0 Å². The number of benzene rings is 1. The molecule has 0 amide bonds. The number of rotatable bonds is 0. The van der Waals surface area contributed by atoms with Crippen LogP contribution in [0.3, 0.4) is 0 Å². The van der Waals surface area contributed by atoms with Gasteiger partial charge < -0.3 is 5.73 Å². The maximum Gasteiger partial charge on any atom is 0.184 e. The highest BCUT2D eigenvalue weighted by Gasteiger charge is 2.13. The van der Waals surface area contributed by atoms with Crippen molar-refractivity contribution < 1.29 is 8.78 Å². The van der Waals surface area contributed by atoms with Gasteiger partial charge in [0.15, 0.2) is 11.6 Å². The summed E-state index contributed by atoms with van der Waals surface area (Å²) < 4.78 is 25.2. The first-order chi connectivity index (χ1) is 5.04. The Balaban J connectivity index is 3.46. The predicted molar refractivity (Wildman–Crippen MR) is 43.5 cm³/mol. The van der Waals surface area contributed by atoms with Gasteiger partial charge in [-0.1, -0.05) is 11.6 Å². The first-order valence-electron chi connectivity index (χ1n) is 2.62. The average Bonchev–Trinajstić information content (AvgIpc) is 1.97. The molecule has 1 aromatic carbocycles. The summed E-state index contributed by atoms with van der Waals surface area (Å²) in [7, 11) is 0. The summed E-state index contributed by atoms with van der Waals surface area (Å²) in [5.41, 5.74) is 4.72. The second kappa shape index (κ2) is 2.95. The number of hydrogen-bond acceptors (Lipinski definition) is 1. The second-order valence-electron chi connectivity index (χ2n) is 1.88. The van der Waals surface area contributed by atoms with Crippen LogP contribution in [0.15, 0.2) is 10.5 Å². The minimum atomic E-state index is -1.12. The Morgan fingerprint density at radius 3 is 2.45 bits per heavy atom. The summed E-state index contributed by atoms with van der Waals surface area (Å²) in [5.74, 6) is -2.14. The van der Waals surface area contributed by atoms with Gasteiger partial charge in [0.2, 0.25) is 0 Å². The number of halogens is 4. The highest BCUT2D eigenvalue weighted by atomic mass is 79.9. The molecule has 0 saturated carbocycles. The molecule has 0 aliphatic heterocycles. The maximum atomic E-state index is 12.6. The molecule has 60 valence electrons. The van der Waals surface area contributed by atoms with Gasteiger partial charge in [0.25, 0.3) is 0 Å². The minimum absolute atomic E-state index is 0.00391. The number of hydrogen-bond donors (Lipinski definition) is 1. The molecule has 1 rings (SSSR count). The third-order valence-electron chi connectivity index (χ3n) is 1.15. The van der Waals surface area contributed by atoms with Crippen LogP contribution in [0, 0.1) is 11.6 Å². The van der Waals surface area contributed by atoms with E-state index in [4.69, 9.17) is 17.3 Å². The van der Waals surface area contributed by atoms with Gasteiger partial charge in [-0.05, 0) is 22.0 Å². The lowest BCUT2D eigenvalue weighted by Gasteiger charge is -2.01. The summed E-state index contributed by atoms with van der Waals surface area (Å²) >= 11 is 8.21. The van der Waals surface area contributed by atoms with Gasteiger partial charge in [-0.3, -0.25) is 0 Å². The molecule has 1 aromatic rings. The Morgan fingerprint density at radius 2 is 1.91 bits per heavy atom. The van der Waals surface area contributed by atoms with Crippen molar-refractivity contribution in [1.29, 1.82) is 0 Å². The highest BCUT2D eigenvalue weighted by Crippen LogP contribution is 2.29. The van der Waals surface area contributed by atoms with Crippen LogP contribution in [0.1, 0.15) is 0 Å². The van der Waals surface area contributed by atoms with E-state index in [1.165, 1.54) is 6.07 Å². The van der Waals surface area contributed by atoms with Gasteiger partial charge in [0, 0.05) is 0 Å². The topological polar surface area (TPSA) is 26.0 Å². The smallest absolute Gasteiger partial charge is 0.184 e. The monoisotopic (exact) mass is 241 g/mol. The molecule has 11 heavy (non-hydrogen) atoms. The van der Waals surface area contributed by atoms with Crippen molar-refractivity contribution in [3.05, 3.63) is 27.2 Å². The molecule has 0 atom stereocenters. The second-order valence-corrected chi connectivity index (χ2v) is 3.14. The summed E-state index contributed by atoms with van der Waals surface area (Å²) in [6.45, 7) is 0. The fourth-order valence-electron chi connectivity index (χ4n) is 0.580. The normalized spacial score (nSPS) is 10.2. The molecule has 0 fully saturated rings. The molecular formula is C6H3BrClF2N. The zero-order valence-electron chi connectivity index (χ0n) is 5.17. The molecule has 2 N–H and O–H groups in total. The van der Waals surface area contributed by atoms with Crippen molar-refractivity contribution in [1.82, 2.24) is 0 Å². The SMILES string of the molecule is Nc1c(Cl)cc(Br)c(F)c1F. The summed E-state index contributed by atoms with van der Waals surface area (Å²) in [6, 6.07) is 1.20. The standard InChI is InChI=1S/C6H3BrClF2N/c7-2-1-3(8)6(11)5(10)4(2)9/h1H,11H2. The lowest BCUT2D eigenvalue weighted by atomic mass is 10.3. The largest absolute Gasteiger partial charge is 0.395 e. The Bertz CT molecular complexity index is 277. The highest BCUT2D eigenvalue weighted by molar-refractivity contribution is 9.10. The van der Waals surface area contributed by atoms with E-state index in [2.05, 4.69) is 15.9 Å². The fraction of sp³-hybridized carbons (Fsp3) is 0. The molecule has 0 saturated heterocycles. The zero-order chi connectivity index (χ0) is 8.59. The molecule has 0 radical (unpaired) electrons. The Hall–Kier alpha value is -0.350. The lowest BCUT2D eigenvalue weighted by molar-refractivity contribution is 0.507. The van der Waals surface area contributed by atoms with Gasteiger partial charge in [0.05, 0.1) is 15.2 Å². The van der Waals surface area contributed by atoms with Crippen LogP contribution >= 0.6 is 27.5 Å². The summed E-state index contributed by atoms with van der Waals surface area (Å²) in [5, 5.41) is -0.00391. The van der Waals surface area contributed by atoms with Crippen LogP contribution in [0.2, 0.25) is 5.02 Å². The Kier molecular flexibility index (Phi) is 2.34. The Labute approximate surface area is 75.3 Å². The van der Waals surface area contributed by atoms with E-state index in [-0.39, 0.29) is 15.2 Å². The number of anilines is 1. The molecule has 0 aromatic heterocycles. The zero-order valence-corrected chi connectivity index (χ0v) is 7.51. The van der Waals surface area contributed by atoms with Crippen LogP contribution in [0.4, 0.5) is 14.5 Å². The lowest BCUT2D eigenvalue weighted by Crippen LogP contribution is -1.96. The van der Waals surface area contributed by atoms with Gasteiger partial charge in [0.1, 0.15) is 0 Å². The molecule has 0 aliphatic rings. The quantitative estimate of drug-likeness (QED) is 0.422. The molecule has 5 heteroatoms. The average molecular weight is 242 g/mol. The van der Waals surface area contributed by atoms with E-state index in [0.29, 0.717) is 0 Å². The van der Waals surface area contributed by atoms with Crippen molar-refractivity contribution in [2.24, 2.45) is 0 Å². The first-order valence-corrected chi connectivity index (χ1v) is 3.79. The molecule has 0 bridgehead atoms. The van der Waals surface area contributed by atoms with Crippen molar-refractivity contribution in [3.8, 4) is 0 Å². The van der Waals surface area contributed by atoms with E-state index in [9.17, 15) is 8.78 Å². The van der Waals surface area contributed by atoms with Gasteiger partial charge in [-0.25, -0.2) is 8.78 Å². The molecular weight excluding hydrogens is 239 g/mol. The summed E-state index contributed by atoms with van der Waals surface area (Å²) in [4.78, 5) is 0. The van der Waals surface area contributed by atoms with Crippen LogP contribution in [0.25, 0.3) is 0 Å². The molecule has 0 aliphatic carbocycles. The minimum Gasteiger partial charge on any atom is -0.395 e. The van der Waals surface area contributed by atoms with E-state index < -0.39 is 11.6 Å². The molecule has 0 unspecified atom stereocenters. The number of nitrogen functional groups attached to an aromatic ring is 1. The van der Waals surface area contributed by atoms with Crippen molar-refractivity contribution in [3.63, 3.8) is 0 Å². The number of nitrogens with two attached hydrogens (primary N) is 1. The molecule has 0 heterocycles. The fourth-order valence-corrected chi connectivity index (χ4v) is 1.31. The van der Waals surface area contributed by atoms with E-state index >= 15 is 0 Å².